The van der Waals surface area contributed by atoms with Crippen molar-refractivity contribution in [2.24, 2.45) is 5.10 Å². The average Bonchev–Trinajstić information content (AvgIpc) is 2.75. The predicted molar refractivity (Wildman–Crippen MR) is 111 cm³/mol. The first-order valence-electron chi connectivity index (χ1n) is 8.60. The highest BCUT2D eigenvalue weighted by Gasteiger charge is 2.09. The van der Waals surface area contributed by atoms with E-state index in [0.717, 1.165) is 5.56 Å². The number of halogens is 1. The lowest BCUT2D eigenvalue weighted by molar-refractivity contribution is 0.0734. The second kappa shape index (κ2) is 9.52. The first-order chi connectivity index (χ1) is 14.0. The fourth-order valence-corrected chi connectivity index (χ4v) is 2.57. The molecule has 0 saturated heterocycles. The maximum atomic E-state index is 12.1. The van der Waals surface area contributed by atoms with Gasteiger partial charge in [-0.05, 0) is 72.3 Å². The minimum atomic E-state index is -0.499. The van der Waals surface area contributed by atoms with Crippen LogP contribution in [-0.2, 0) is 0 Å². The monoisotopic (exact) mass is 408 g/mol. The molecule has 3 aromatic carbocycles. The number of rotatable bonds is 6. The molecule has 0 saturated carbocycles. The van der Waals surface area contributed by atoms with Gasteiger partial charge in [0.25, 0.3) is 5.91 Å². The number of nitrogens with one attached hydrogen (secondary N) is 1. The van der Waals surface area contributed by atoms with Crippen LogP contribution >= 0.6 is 11.6 Å². The molecule has 0 aliphatic rings. The number of hydrazone groups is 1. The van der Waals surface area contributed by atoms with Crippen LogP contribution in [-0.4, -0.2) is 25.2 Å². The van der Waals surface area contributed by atoms with Crippen LogP contribution in [0, 0.1) is 0 Å². The number of amides is 1. The molecular formula is C22H17ClN2O4. The van der Waals surface area contributed by atoms with Crippen LogP contribution in [0.2, 0.25) is 5.02 Å². The van der Waals surface area contributed by atoms with E-state index in [0.29, 0.717) is 27.6 Å². The van der Waals surface area contributed by atoms with Crippen molar-refractivity contribution >= 4 is 29.7 Å². The van der Waals surface area contributed by atoms with Gasteiger partial charge in [0.15, 0.2) is 0 Å². The summed E-state index contributed by atoms with van der Waals surface area (Å²) in [7, 11) is 1.56. The van der Waals surface area contributed by atoms with Crippen molar-refractivity contribution in [2.45, 2.75) is 0 Å². The van der Waals surface area contributed by atoms with E-state index in [1.54, 1.807) is 73.8 Å². The zero-order chi connectivity index (χ0) is 20.6. The highest BCUT2D eigenvalue weighted by molar-refractivity contribution is 6.30. The molecule has 0 spiro atoms. The first kappa shape index (κ1) is 20.1. The average molecular weight is 409 g/mol. The van der Waals surface area contributed by atoms with Crippen LogP contribution in [0.15, 0.2) is 77.9 Å². The Morgan fingerprint density at radius 1 is 0.931 bits per heavy atom. The number of methoxy groups -OCH3 is 1. The molecule has 7 heteroatoms. The van der Waals surface area contributed by atoms with Crippen molar-refractivity contribution in [1.29, 1.82) is 0 Å². The van der Waals surface area contributed by atoms with Crippen molar-refractivity contribution in [3.05, 3.63) is 94.5 Å². The molecule has 6 nitrogen and oxygen atoms in total. The lowest BCUT2D eigenvalue weighted by Gasteiger charge is -2.05. The van der Waals surface area contributed by atoms with Crippen molar-refractivity contribution in [2.75, 3.05) is 7.11 Å². The second-order valence-corrected chi connectivity index (χ2v) is 6.33. The van der Waals surface area contributed by atoms with Gasteiger partial charge in [0.2, 0.25) is 0 Å². The Kier molecular flexibility index (Phi) is 6.60. The Hall–Kier alpha value is -3.64. The smallest absolute Gasteiger partial charge is 0.343 e. The lowest BCUT2D eigenvalue weighted by Crippen LogP contribution is -2.17. The minimum Gasteiger partial charge on any atom is -0.497 e. The highest BCUT2D eigenvalue weighted by atomic mass is 35.5. The quantitative estimate of drug-likeness (QED) is 0.285. The maximum absolute atomic E-state index is 12.1. The number of esters is 1. The van der Waals surface area contributed by atoms with Crippen LogP contribution in [0.1, 0.15) is 26.3 Å². The number of hydrogen-bond acceptors (Lipinski definition) is 5. The van der Waals surface area contributed by atoms with Gasteiger partial charge in [0.05, 0.1) is 18.9 Å². The second-order valence-electron chi connectivity index (χ2n) is 5.90. The third-order valence-corrected chi connectivity index (χ3v) is 4.12. The Balaban J connectivity index is 1.55. The van der Waals surface area contributed by atoms with E-state index in [1.165, 1.54) is 12.3 Å². The molecule has 3 aromatic rings. The zero-order valence-electron chi connectivity index (χ0n) is 15.5. The topological polar surface area (TPSA) is 77.0 Å². The number of benzene rings is 3. The van der Waals surface area contributed by atoms with E-state index in [1.807, 2.05) is 0 Å². The van der Waals surface area contributed by atoms with E-state index >= 15 is 0 Å². The molecule has 1 amide bonds. The summed E-state index contributed by atoms with van der Waals surface area (Å²) in [6, 6.07) is 19.9. The largest absolute Gasteiger partial charge is 0.497 e. The van der Waals surface area contributed by atoms with E-state index in [-0.39, 0.29) is 5.91 Å². The molecule has 0 fully saturated rings. The molecule has 1 N–H and O–H groups in total. The maximum Gasteiger partial charge on any atom is 0.343 e. The molecule has 0 aromatic heterocycles. The summed E-state index contributed by atoms with van der Waals surface area (Å²) in [4.78, 5) is 24.1. The lowest BCUT2D eigenvalue weighted by atomic mass is 10.2. The van der Waals surface area contributed by atoms with Crippen LogP contribution in [0.3, 0.4) is 0 Å². The molecular weight excluding hydrogens is 392 g/mol. The summed E-state index contributed by atoms with van der Waals surface area (Å²) in [6.45, 7) is 0. The molecule has 0 atom stereocenters. The Morgan fingerprint density at radius 3 is 2.28 bits per heavy atom. The molecule has 146 valence electrons. The summed E-state index contributed by atoms with van der Waals surface area (Å²) in [5.41, 5.74) is 4.00. The van der Waals surface area contributed by atoms with Gasteiger partial charge < -0.3 is 9.47 Å². The van der Waals surface area contributed by atoms with Crippen LogP contribution in [0.4, 0.5) is 0 Å². The van der Waals surface area contributed by atoms with Gasteiger partial charge in [-0.2, -0.15) is 5.10 Å². The highest BCUT2D eigenvalue weighted by Crippen LogP contribution is 2.16. The van der Waals surface area contributed by atoms with Gasteiger partial charge in [-0.3, -0.25) is 4.79 Å². The number of carbonyl (C=O) groups is 2. The van der Waals surface area contributed by atoms with Gasteiger partial charge in [0, 0.05) is 10.6 Å². The fraction of sp³-hybridized carbons (Fsp3) is 0.0455. The van der Waals surface area contributed by atoms with Crippen molar-refractivity contribution in [3.63, 3.8) is 0 Å². The summed E-state index contributed by atoms with van der Waals surface area (Å²) in [6.07, 6.45) is 1.49. The molecule has 0 aliphatic heterocycles. The van der Waals surface area contributed by atoms with E-state index in [2.05, 4.69) is 10.5 Å². The van der Waals surface area contributed by atoms with E-state index in [4.69, 9.17) is 21.1 Å². The summed E-state index contributed by atoms with van der Waals surface area (Å²) < 4.78 is 10.4. The Labute approximate surface area is 172 Å². The third kappa shape index (κ3) is 5.67. The van der Waals surface area contributed by atoms with Gasteiger partial charge in [0.1, 0.15) is 11.5 Å². The number of ether oxygens (including phenoxy) is 2. The van der Waals surface area contributed by atoms with Gasteiger partial charge in [-0.15, -0.1) is 0 Å². The van der Waals surface area contributed by atoms with Crippen molar-refractivity contribution in [3.8, 4) is 11.5 Å². The van der Waals surface area contributed by atoms with Crippen LogP contribution < -0.4 is 14.9 Å². The summed E-state index contributed by atoms with van der Waals surface area (Å²) >= 11 is 5.88. The third-order valence-electron chi connectivity index (χ3n) is 3.88. The molecule has 0 radical (unpaired) electrons. The fourth-order valence-electron chi connectivity index (χ4n) is 2.38. The van der Waals surface area contributed by atoms with E-state index in [9.17, 15) is 9.59 Å². The molecule has 0 unspecified atom stereocenters. The summed E-state index contributed by atoms with van der Waals surface area (Å²) in [5, 5.41) is 4.39. The van der Waals surface area contributed by atoms with E-state index < -0.39 is 5.97 Å². The van der Waals surface area contributed by atoms with Crippen LogP contribution in [0.5, 0.6) is 11.5 Å². The predicted octanol–water partition coefficient (Wildman–Crippen LogP) is 4.33. The normalized spacial score (nSPS) is 10.6. The van der Waals surface area contributed by atoms with Crippen molar-refractivity contribution in [1.82, 2.24) is 5.43 Å². The Morgan fingerprint density at radius 2 is 1.62 bits per heavy atom. The molecule has 29 heavy (non-hydrogen) atoms. The first-order valence-corrected chi connectivity index (χ1v) is 8.98. The number of carbonyl (C=O) groups excluding carboxylic acids is 2. The Bertz CT molecular complexity index is 1030. The summed E-state index contributed by atoms with van der Waals surface area (Å²) in [5.74, 6) is 0.215. The zero-order valence-corrected chi connectivity index (χ0v) is 16.2. The van der Waals surface area contributed by atoms with Gasteiger partial charge in [-0.25, -0.2) is 10.2 Å². The van der Waals surface area contributed by atoms with Gasteiger partial charge >= 0.3 is 5.97 Å². The molecule has 3 rings (SSSR count). The van der Waals surface area contributed by atoms with Crippen LogP contribution in [0.25, 0.3) is 0 Å². The molecule has 0 aliphatic carbocycles. The number of hydrogen-bond donors (Lipinski definition) is 1. The number of nitrogens with zero attached hydrogens (tertiary/aromatic N) is 1. The van der Waals surface area contributed by atoms with Crippen molar-refractivity contribution < 1.29 is 19.1 Å². The SMILES string of the molecule is COc1ccc(C(=O)N/N=C\c2ccc(OC(=O)c3cccc(Cl)c3)cc2)cc1. The van der Waals surface area contributed by atoms with Gasteiger partial charge in [-0.1, -0.05) is 17.7 Å². The molecule has 0 bridgehead atoms. The molecule has 0 heterocycles. The standard InChI is InChI=1S/C22H17ClN2O4/c1-28-19-11-7-16(8-12-19)21(26)25-24-14-15-5-9-20(10-6-15)29-22(27)17-3-2-4-18(23)13-17/h2-14H,1H3,(H,25,26)/b24-14-. The minimum absolute atomic E-state index is 0.337.